The third kappa shape index (κ3) is 2.99. The zero-order chi connectivity index (χ0) is 11.4. The van der Waals surface area contributed by atoms with E-state index in [1.807, 2.05) is 12.1 Å². The third-order valence-electron chi connectivity index (χ3n) is 3.41. The standard InChI is InChI=1S/C14H21NO/c1-11-3-7-13(15-11)8-4-12-5-9-14(16-2)10-6-12/h5-6,9-11,13,15H,3-4,7-8H2,1-2H3/t11-,13-/m1/s1. The average Bonchev–Trinajstić information content (AvgIpc) is 2.73. The van der Waals surface area contributed by atoms with Crippen molar-refractivity contribution < 1.29 is 4.74 Å². The van der Waals surface area contributed by atoms with Gasteiger partial charge in [0.25, 0.3) is 0 Å². The fraction of sp³-hybridized carbons (Fsp3) is 0.571. The molecular formula is C14H21NO. The molecule has 16 heavy (non-hydrogen) atoms. The molecule has 0 aliphatic carbocycles. The second kappa shape index (κ2) is 5.35. The fourth-order valence-electron chi connectivity index (χ4n) is 2.38. The Bertz CT molecular complexity index is 320. The summed E-state index contributed by atoms with van der Waals surface area (Å²) in [7, 11) is 1.71. The minimum absolute atomic E-state index is 0.709. The van der Waals surface area contributed by atoms with Gasteiger partial charge in [0.1, 0.15) is 5.75 Å². The molecule has 1 saturated heterocycles. The number of nitrogens with one attached hydrogen (secondary N) is 1. The highest BCUT2D eigenvalue weighted by Gasteiger charge is 2.19. The summed E-state index contributed by atoms with van der Waals surface area (Å²) >= 11 is 0. The molecule has 1 aliphatic heterocycles. The largest absolute Gasteiger partial charge is 0.497 e. The smallest absolute Gasteiger partial charge is 0.118 e. The van der Waals surface area contributed by atoms with E-state index in [9.17, 15) is 0 Å². The molecule has 0 amide bonds. The molecule has 0 aromatic heterocycles. The molecule has 0 bridgehead atoms. The molecule has 2 heteroatoms. The Kier molecular flexibility index (Phi) is 3.83. The van der Waals surface area contributed by atoms with Crippen molar-refractivity contribution in [1.82, 2.24) is 5.32 Å². The van der Waals surface area contributed by atoms with Gasteiger partial charge in [-0.25, -0.2) is 0 Å². The van der Waals surface area contributed by atoms with Crippen LogP contribution in [-0.2, 0) is 6.42 Å². The van der Waals surface area contributed by atoms with Gasteiger partial charge in [-0.1, -0.05) is 12.1 Å². The lowest BCUT2D eigenvalue weighted by molar-refractivity contribution is 0.414. The van der Waals surface area contributed by atoms with Crippen molar-refractivity contribution in [3.05, 3.63) is 29.8 Å². The monoisotopic (exact) mass is 219 g/mol. The number of hydrogen-bond donors (Lipinski definition) is 1. The van der Waals surface area contributed by atoms with Crippen LogP contribution in [0.15, 0.2) is 24.3 Å². The second-order valence-corrected chi connectivity index (χ2v) is 4.73. The van der Waals surface area contributed by atoms with Crippen molar-refractivity contribution in [2.75, 3.05) is 7.11 Å². The predicted molar refractivity (Wildman–Crippen MR) is 66.9 cm³/mol. The van der Waals surface area contributed by atoms with E-state index in [0.717, 1.165) is 18.2 Å². The van der Waals surface area contributed by atoms with Crippen LogP contribution < -0.4 is 10.1 Å². The minimum Gasteiger partial charge on any atom is -0.497 e. The highest BCUT2D eigenvalue weighted by molar-refractivity contribution is 5.27. The van der Waals surface area contributed by atoms with E-state index < -0.39 is 0 Å². The molecule has 2 atom stereocenters. The quantitative estimate of drug-likeness (QED) is 0.840. The van der Waals surface area contributed by atoms with Crippen LogP contribution in [0.3, 0.4) is 0 Å². The number of hydrogen-bond acceptors (Lipinski definition) is 2. The van der Waals surface area contributed by atoms with Crippen LogP contribution in [0.1, 0.15) is 31.7 Å². The maximum absolute atomic E-state index is 5.15. The first-order valence-corrected chi connectivity index (χ1v) is 6.17. The van der Waals surface area contributed by atoms with Crippen LogP contribution in [0.5, 0.6) is 5.75 Å². The Morgan fingerprint density at radius 1 is 1.25 bits per heavy atom. The van der Waals surface area contributed by atoms with Gasteiger partial charge in [0.2, 0.25) is 0 Å². The number of ether oxygens (including phenoxy) is 1. The van der Waals surface area contributed by atoms with Gasteiger partial charge >= 0.3 is 0 Å². The molecular weight excluding hydrogens is 198 g/mol. The van der Waals surface area contributed by atoms with Gasteiger partial charge in [0.15, 0.2) is 0 Å². The molecule has 1 heterocycles. The molecule has 0 saturated carbocycles. The summed E-state index contributed by atoms with van der Waals surface area (Å²) in [4.78, 5) is 0. The summed E-state index contributed by atoms with van der Waals surface area (Å²) < 4.78 is 5.15. The summed E-state index contributed by atoms with van der Waals surface area (Å²) in [6, 6.07) is 9.84. The average molecular weight is 219 g/mol. The van der Waals surface area contributed by atoms with E-state index in [4.69, 9.17) is 4.74 Å². The molecule has 1 aromatic rings. The van der Waals surface area contributed by atoms with Gasteiger partial charge in [-0.2, -0.15) is 0 Å². The first-order valence-electron chi connectivity index (χ1n) is 6.17. The molecule has 1 aromatic carbocycles. The van der Waals surface area contributed by atoms with Crippen molar-refractivity contribution in [2.45, 2.75) is 44.7 Å². The number of benzene rings is 1. The second-order valence-electron chi connectivity index (χ2n) is 4.73. The predicted octanol–water partition coefficient (Wildman–Crippen LogP) is 2.77. The molecule has 0 spiro atoms. The van der Waals surface area contributed by atoms with Crippen LogP contribution in [0.25, 0.3) is 0 Å². The van der Waals surface area contributed by atoms with E-state index in [1.165, 1.54) is 24.8 Å². The lowest BCUT2D eigenvalue weighted by Gasteiger charge is -2.11. The first kappa shape index (κ1) is 11.5. The van der Waals surface area contributed by atoms with E-state index in [2.05, 4.69) is 24.4 Å². The van der Waals surface area contributed by atoms with Crippen LogP contribution in [0, 0.1) is 0 Å². The highest BCUT2D eigenvalue weighted by Crippen LogP contribution is 2.18. The number of methoxy groups -OCH3 is 1. The van der Waals surface area contributed by atoms with E-state index in [0.29, 0.717) is 6.04 Å². The Hall–Kier alpha value is -1.02. The normalized spacial score (nSPS) is 24.6. The van der Waals surface area contributed by atoms with Crippen molar-refractivity contribution in [3.8, 4) is 5.75 Å². The Morgan fingerprint density at radius 2 is 2.00 bits per heavy atom. The topological polar surface area (TPSA) is 21.3 Å². The molecule has 2 rings (SSSR count). The van der Waals surface area contributed by atoms with Crippen LogP contribution in [0.4, 0.5) is 0 Å². The van der Waals surface area contributed by atoms with Crippen LogP contribution in [0.2, 0.25) is 0 Å². The Balaban J connectivity index is 1.80. The SMILES string of the molecule is COc1ccc(CC[C@H]2CC[C@@H](C)N2)cc1. The van der Waals surface area contributed by atoms with Crippen molar-refractivity contribution in [2.24, 2.45) is 0 Å². The molecule has 88 valence electrons. The molecule has 0 unspecified atom stereocenters. The van der Waals surface area contributed by atoms with Crippen molar-refractivity contribution in [3.63, 3.8) is 0 Å². The van der Waals surface area contributed by atoms with Gasteiger partial charge < -0.3 is 10.1 Å². The Morgan fingerprint density at radius 3 is 2.56 bits per heavy atom. The van der Waals surface area contributed by atoms with Gasteiger partial charge in [-0.3, -0.25) is 0 Å². The van der Waals surface area contributed by atoms with Gasteiger partial charge in [-0.05, 0) is 50.3 Å². The first-order chi connectivity index (χ1) is 7.78. The van der Waals surface area contributed by atoms with Crippen molar-refractivity contribution in [1.29, 1.82) is 0 Å². The van der Waals surface area contributed by atoms with E-state index >= 15 is 0 Å². The van der Waals surface area contributed by atoms with Gasteiger partial charge in [-0.15, -0.1) is 0 Å². The molecule has 1 fully saturated rings. The third-order valence-corrected chi connectivity index (χ3v) is 3.41. The Labute approximate surface area is 98.0 Å². The van der Waals surface area contributed by atoms with E-state index in [-0.39, 0.29) is 0 Å². The van der Waals surface area contributed by atoms with E-state index in [1.54, 1.807) is 7.11 Å². The number of rotatable bonds is 4. The molecule has 0 radical (unpaired) electrons. The van der Waals surface area contributed by atoms with Crippen LogP contribution >= 0.6 is 0 Å². The van der Waals surface area contributed by atoms with Gasteiger partial charge in [0.05, 0.1) is 7.11 Å². The molecule has 2 nitrogen and oxygen atoms in total. The van der Waals surface area contributed by atoms with Gasteiger partial charge in [0, 0.05) is 12.1 Å². The zero-order valence-electron chi connectivity index (χ0n) is 10.2. The lowest BCUT2D eigenvalue weighted by atomic mass is 10.0. The fourth-order valence-corrected chi connectivity index (χ4v) is 2.38. The summed E-state index contributed by atoms with van der Waals surface area (Å²) in [5, 5.41) is 3.62. The number of aryl methyl sites for hydroxylation is 1. The zero-order valence-corrected chi connectivity index (χ0v) is 10.2. The summed E-state index contributed by atoms with van der Waals surface area (Å²) in [6.07, 6.45) is 5.07. The maximum Gasteiger partial charge on any atom is 0.118 e. The summed E-state index contributed by atoms with van der Waals surface area (Å²) in [5.41, 5.74) is 1.40. The minimum atomic E-state index is 0.709. The summed E-state index contributed by atoms with van der Waals surface area (Å²) in [5.74, 6) is 0.941. The lowest BCUT2D eigenvalue weighted by Crippen LogP contribution is -2.27. The van der Waals surface area contributed by atoms with Crippen molar-refractivity contribution >= 4 is 0 Å². The maximum atomic E-state index is 5.15. The molecule has 1 aliphatic rings. The molecule has 1 N–H and O–H groups in total. The van der Waals surface area contributed by atoms with Crippen LogP contribution in [-0.4, -0.2) is 19.2 Å². The summed E-state index contributed by atoms with van der Waals surface area (Å²) in [6.45, 7) is 2.27. The highest BCUT2D eigenvalue weighted by atomic mass is 16.5.